The molecule has 0 spiro atoms. The minimum absolute atomic E-state index is 0.491. The Kier molecular flexibility index (Phi) is 5.05. The first kappa shape index (κ1) is 13.4. The Morgan fingerprint density at radius 3 is 2.33 bits per heavy atom. The average Bonchev–Trinajstić information content (AvgIpc) is 2.40. The highest BCUT2D eigenvalue weighted by atomic mass is 127. The van der Waals surface area contributed by atoms with Gasteiger partial charge in [-0.2, -0.15) is 0 Å². The summed E-state index contributed by atoms with van der Waals surface area (Å²) in [5.41, 5.74) is 2.62. The van der Waals surface area contributed by atoms with Gasteiger partial charge in [0, 0.05) is 15.3 Å². The monoisotopic (exact) mass is 351 g/mol. The number of aryl methyl sites for hydroxylation is 1. The lowest BCUT2D eigenvalue weighted by Gasteiger charge is -2.15. The van der Waals surface area contributed by atoms with Gasteiger partial charge in [0.05, 0.1) is 0 Å². The number of benzene rings is 2. The van der Waals surface area contributed by atoms with Crippen molar-refractivity contribution in [3.63, 3.8) is 0 Å². The standard InChI is InChI=1S/C16H18IN/c1-13(7-8-14-5-3-2-4-6-14)18-16-11-9-15(17)10-12-16/h2-6,9-13,18H,7-8H2,1H3. The number of halogens is 1. The third-order valence-corrected chi connectivity index (χ3v) is 3.69. The summed E-state index contributed by atoms with van der Waals surface area (Å²) < 4.78 is 1.27. The van der Waals surface area contributed by atoms with Crippen molar-refractivity contribution in [2.24, 2.45) is 0 Å². The first-order chi connectivity index (χ1) is 8.74. The second kappa shape index (κ2) is 6.78. The molecule has 0 bridgehead atoms. The lowest BCUT2D eigenvalue weighted by molar-refractivity contribution is 0.706. The molecule has 2 heteroatoms. The third-order valence-electron chi connectivity index (χ3n) is 2.97. The Morgan fingerprint density at radius 1 is 1.00 bits per heavy atom. The van der Waals surface area contributed by atoms with Crippen molar-refractivity contribution in [2.45, 2.75) is 25.8 Å². The summed E-state index contributed by atoms with van der Waals surface area (Å²) in [5, 5.41) is 3.54. The Morgan fingerprint density at radius 2 is 1.67 bits per heavy atom. The molecule has 0 aliphatic heterocycles. The molecule has 1 atom stereocenters. The van der Waals surface area contributed by atoms with Gasteiger partial charge in [-0.25, -0.2) is 0 Å². The highest BCUT2D eigenvalue weighted by Crippen LogP contribution is 2.14. The van der Waals surface area contributed by atoms with Crippen LogP contribution in [0.2, 0.25) is 0 Å². The van der Waals surface area contributed by atoms with Crippen molar-refractivity contribution < 1.29 is 0 Å². The summed E-state index contributed by atoms with van der Waals surface area (Å²) in [5.74, 6) is 0. The second-order valence-electron chi connectivity index (χ2n) is 4.58. The summed E-state index contributed by atoms with van der Waals surface area (Å²) in [6, 6.07) is 19.7. The SMILES string of the molecule is CC(CCc1ccccc1)Nc1ccc(I)cc1. The van der Waals surface area contributed by atoms with Crippen LogP contribution in [-0.2, 0) is 6.42 Å². The molecule has 2 aromatic carbocycles. The van der Waals surface area contributed by atoms with E-state index in [4.69, 9.17) is 0 Å². The van der Waals surface area contributed by atoms with Crippen molar-refractivity contribution in [2.75, 3.05) is 5.32 Å². The van der Waals surface area contributed by atoms with Gasteiger partial charge in [0.2, 0.25) is 0 Å². The first-order valence-electron chi connectivity index (χ1n) is 6.30. The van der Waals surface area contributed by atoms with E-state index in [1.807, 2.05) is 0 Å². The molecule has 0 aromatic heterocycles. The highest BCUT2D eigenvalue weighted by molar-refractivity contribution is 14.1. The molecule has 1 N–H and O–H groups in total. The fraction of sp³-hybridized carbons (Fsp3) is 0.250. The fourth-order valence-electron chi connectivity index (χ4n) is 1.93. The molecule has 2 rings (SSSR count). The Labute approximate surface area is 123 Å². The number of rotatable bonds is 5. The molecule has 2 aromatic rings. The smallest absolute Gasteiger partial charge is 0.0342 e. The van der Waals surface area contributed by atoms with E-state index in [1.165, 1.54) is 14.8 Å². The van der Waals surface area contributed by atoms with E-state index in [0.29, 0.717) is 6.04 Å². The molecule has 0 heterocycles. The predicted molar refractivity (Wildman–Crippen MR) is 87.0 cm³/mol. The minimum atomic E-state index is 0.491. The predicted octanol–water partition coefficient (Wildman–Crippen LogP) is 4.72. The van der Waals surface area contributed by atoms with E-state index in [2.05, 4.69) is 89.4 Å². The lowest BCUT2D eigenvalue weighted by Crippen LogP contribution is -2.15. The molecular weight excluding hydrogens is 333 g/mol. The normalized spacial score (nSPS) is 12.1. The van der Waals surface area contributed by atoms with Crippen LogP contribution in [0.1, 0.15) is 18.9 Å². The van der Waals surface area contributed by atoms with Crippen molar-refractivity contribution in [1.29, 1.82) is 0 Å². The molecule has 0 radical (unpaired) electrons. The maximum Gasteiger partial charge on any atom is 0.0342 e. The van der Waals surface area contributed by atoms with E-state index in [-0.39, 0.29) is 0 Å². The van der Waals surface area contributed by atoms with Gasteiger partial charge in [0.1, 0.15) is 0 Å². The maximum atomic E-state index is 3.54. The summed E-state index contributed by atoms with van der Waals surface area (Å²) >= 11 is 2.33. The van der Waals surface area contributed by atoms with Crippen molar-refractivity contribution in [3.05, 3.63) is 63.7 Å². The van der Waals surface area contributed by atoms with E-state index >= 15 is 0 Å². The average molecular weight is 351 g/mol. The highest BCUT2D eigenvalue weighted by Gasteiger charge is 2.02. The molecule has 0 amide bonds. The molecule has 0 saturated heterocycles. The van der Waals surface area contributed by atoms with Crippen LogP contribution in [0.15, 0.2) is 54.6 Å². The molecule has 18 heavy (non-hydrogen) atoms. The number of nitrogens with one attached hydrogen (secondary N) is 1. The topological polar surface area (TPSA) is 12.0 Å². The first-order valence-corrected chi connectivity index (χ1v) is 7.38. The minimum Gasteiger partial charge on any atom is -0.383 e. The molecule has 1 nitrogen and oxygen atoms in total. The summed E-state index contributed by atoms with van der Waals surface area (Å²) in [7, 11) is 0. The zero-order valence-corrected chi connectivity index (χ0v) is 12.7. The summed E-state index contributed by atoms with van der Waals surface area (Å²) in [6.45, 7) is 2.24. The number of hydrogen-bond acceptors (Lipinski definition) is 1. The zero-order valence-electron chi connectivity index (χ0n) is 10.6. The molecule has 0 aliphatic rings. The van der Waals surface area contributed by atoms with Gasteiger partial charge in [-0.15, -0.1) is 0 Å². The van der Waals surface area contributed by atoms with Crippen LogP contribution >= 0.6 is 22.6 Å². The van der Waals surface area contributed by atoms with Crippen LogP contribution in [0.25, 0.3) is 0 Å². The molecule has 0 saturated carbocycles. The van der Waals surface area contributed by atoms with Crippen LogP contribution in [-0.4, -0.2) is 6.04 Å². The van der Waals surface area contributed by atoms with Crippen LogP contribution in [0.4, 0.5) is 5.69 Å². The lowest BCUT2D eigenvalue weighted by atomic mass is 10.1. The number of anilines is 1. The van der Waals surface area contributed by atoms with Crippen molar-refractivity contribution >= 4 is 28.3 Å². The molecule has 0 fully saturated rings. The summed E-state index contributed by atoms with van der Waals surface area (Å²) in [4.78, 5) is 0. The van der Waals surface area contributed by atoms with Gasteiger partial charge in [0.25, 0.3) is 0 Å². The van der Waals surface area contributed by atoms with Gasteiger partial charge in [-0.3, -0.25) is 0 Å². The quantitative estimate of drug-likeness (QED) is 0.769. The largest absolute Gasteiger partial charge is 0.383 e. The second-order valence-corrected chi connectivity index (χ2v) is 5.82. The summed E-state index contributed by atoms with van der Waals surface area (Å²) in [6.07, 6.45) is 2.27. The van der Waals surface area contributed by atoms with E-state index in [1.54, 1.807) is 0 Å². The van der Waals surface area contributed by atoms with Gasteiger partial charge < -0.3 is 5.32 Å². The molecule has 94 valence electrons. The van der Waals surface area contributed by atoms with Gasteiger partial charge in [-0.1, -0.05) is 30.3 Å². The molecule has 0 aliphatic carbocycles. The van der Waals surface area contributed by atoms with E-state index in [0.717, 1.165) is 12.8 Å². The van der Waals surface area contributed by atoms with Crippen LogP contribution in [0, 0.1) is 3.57 Å². The fourth-order valence-corrected chi connectivity index (χ4v) is 2.29. The molecule has 1 unspecified atom stereocenters. The maximum absolute atomic E-state index is 3.54. The van der Waals surface area contributed by atoms with E-state index < -0.39 is 0 Å². The third kappa shape index (κ3) is 4.33. The van der Waals surface area contributed by atoms with Crippen molar-refractivity contribution in [1.82, 2.24) is 0 Å². The number of hydrogen-bond donors (Lipinski definition) is 1. The van der Waals surface area contributed by atoms with Gasteiger partial charge in [-0.05, 0) is 72.2 Å². The Balaban J connectivity index is 1.82. The molecular formula is C16H18IN. The van der Waals surface area contributed by atoms with Gasteiger partial charge in [0.15, 0.2) is 0 Å². The van der Waals surface area contributed by atoms with E-state index in [9.17, 15) is 0 Å². The van der Waals surface area contributed by atoms with Crippen molar-refractivity contribution in [3.8, 4) is 0 Å². The van der Waals surface area contributed by atoms with Crippen LogP contribution < -0.4 is 5.32 Å². The zero-order chi connectivity index (χ0) is 12.8. The Bertz CT molecular complexity index is 464. The van der Waals surface area contributed by atoms with Crippen LogP contribution in [0.3, 0.4) is 0 Å². The van der Waals surface area contributed by atoms with Crippen LogP contribution in [0.5, 0.6) is 0 Å². The van der Waals surface area contributed by atoms with Gasteiger partial charge >= 0.3 is 0 Å². The Hall–Kier alpha value is -1.03.